The van der Waals surface area contributed by atoms with Gasteiger partial charge in [-0.15, -0.1) is 0 Å². The summed E-state index contributed by atoms with van der Waals surface area (Å²) < 4.78 is 10.8. The van der Waals surface area contributed by atoms with Gasteiger partial charge in [-0.1, -0.05) is 6.07 Å². The molecule has 0 saturated carbocycles. The van der Waals surface area contributed by atoms with E-state index in [2.05, 4.69) is 5.32 Å². The fourth-order valence-corrected chi connectivity index (χ4v) is 3.43. The van der Waals surface area contributed by atoms with Crippen LogP contribution in [0.3, 0.4) is 0 Å². The SMILES string of the molecule is COC(N[C@H](N)C(=O)N1CC(Oc2ccc(CCB(O)O)c(O)c2C(=O)O)C1)[C@H](N)CC(N)=O. The molecule has 11 N–H and O–H groups in total. The van der Waals surface area contributed by atoms with Crippen LogP contribution in [0, 0.1) is 0 Å². The van der Waals surface area contributed by atoms with Crippen molar-refractivity contribution in [3.8, 4) is 11.5 Å². The number of likely N-dealkylation sites (tertiary alicyclic amines) is 1. The predicted octanol–water partition coefficient (Wildman–Crippen LogP) is -3.26. The van der Waals surface area contributed by atoms with Crippen molar-refractivity contribution in [2.45, 2.75) is 43.7 Å². The van der Waals surface area contributed by atoms with E-state index in [1.807, 2.05) is 0 Å². The van der Waals surface area contributed by atoms with E-state index >= 15 is 0 Å². The summed E-state index contributed by atoms with van der Waals surface area (Å²) in [7, 11) is -0.267. The summed E-state index contributed by atoms with van der Waals surface area (Å²) >= 11 is 0. The number of carboxylic acid groups (broad SMARTS) is 1. The number of aryl methyl sites for hydroxylation is 1. The Hall–Kier alpha value is -2.95. The van der Waals surface area contributed by atoms with Crippen molar-refractivity contribution in [2.75, 3.05) is 20.2 Å². The lowest BCUT2D eigenvalue weighted by molar-refractivity contribution is -0.143. The molecule has 3 atom stereocenters. The molecule has 1 aromatic carbocycles. The number of carbonyl (C=O) groups is 3. The highest BCUT2D eigenvalue weighted by Crippen LogP contribution is 2.34. The summed E-state index contributed by atoms with van der Waals surface area (Å²) in [6.45, 7) is 0.217. The summed E-state index contributed by atoms with van der Waals surface area (Å²) in [5.74, 6) is -3.16. The molecule has 0 aromatic heterocycles. The Morgan fingerprint density at radius 2 is 1.91 bits per heavy atom. The zero-order valence-corrected chi connectivity index (χ0v) is 18.6. The van der Waals surface area contributed by atoms with E-state index in [1.165, 1.54) is 24.1 Å². The second-order valence-corrected chi connectivity index (χ2v) is 7.89. The maximum Gasteiger partial charge on any atom is 0.451 e. The topological polar surface area (TPSA) is 244 Å². The van der Waals surface area contributed by atoms with Gasteiger partial charge in [0.15, 0.2) is 0 Å². The highest BCUT2D eigenvalue weighted by molar-refractivity contribution is 6.41. The molecule has 1 saturated heterocycles. The average Bonchev–Trinajstić information content (AvgIpc) is 2.71. The van der Waals surface area contributed by atoms with Crippen LogP contribution in [0.15, 0.2) is 12.1 Å². The van der Waals surface area contributed by atoms with Gasteiger partial charge in [0.2, 0.25) is 5.91 Å². The third kappa shape index (κ3) is 7.03. The van der Waals surface area contributed by atoms with E-state index in [1.54, 1.807) is 0 Å². The van der Waals surface area contributed by atoms with E-state index in [-0.39, 0.29) is 43.6 Å². The first kappa shape index (κ1) is 27.3. The van der Waals surface area contributed by atoms with Crippen molar-refractivity contribution in [1.29, 1.82) is 0 Å². The molecular formula is C19H30BN5O9. The first-order valence-corrected chi connectivity index (χ1v) is 10.4. The molecule has 1 aliphatic heterocycles. The summed E-state index contributed by atoms with van der Waals surface area (Å²) in [6.07, 6.45) is -2.85. The van der Waals surface area contributed by atoms with Crippen LogP contribution in [0.2, 0.25) is 6.32 Å². The molecular weight excluding hydrogens is 453 g/mol. The number of nitrogens with one attached hydrogen (secondary N) is 1. The molecule has 1 unspecified atom stereocenters. The molecule has 1 heterocycles. The number of ether oxygens (including phenoxy) is 2. The second kappa shape index (κ2) is 12.0. The summed E-state index contributed by atoms with van der Waals surface area (Å²) in [5, 5.41) is 40.5. The van der Waals surface area contributed by atoms with Crippen LogP contribution < -0.4 is 27.3 Å². The van der Waals surface area contributed by atoms with Crippen LogP contribution in [-0.4, -0.2) is 94.8 Å². The van der Waals surface area contributed by atoms with Gasteiger partial charge in [0.1, 0.15) is 35.6 Å². The second-order valence-electron chi connectivity index (χ2n) is 7.89. The Balaban J connectivity index is 1.96. The summed E-state index contributed by atoms with van der Waals surface area (Å²) in [6, 6.07) is 1.98. The maximum atomic E-state index is 12.5. The first-order chi connectivity index (χ1) is 15.9. The zero-order chi connectivity index (χ0) is 25.6. The van der Waals surface area contributed by atoms with Crippen molar-refractivity contribution in [3.63, 3.8) is 0 Å². The standard InChI is InChI=1S/C19H30BN5O9/c1-33-17(11(21)6-13(22)26)24-16(23)18(28)25-7-10(8-25)34-12-3-2-9(4-5-20(31)32)15(27)14(12)19(29)30/h2-3,10-11,16-17,24,27,31-32H,4-8,21,23H2,1H3,(H2,22,26)(H,29,30)/t11-,16+,17?/m1/s1. The molecule has 0 aliphatic carbocycles. The number of aromatic hydroxyl groups is 1. The number of carboxylic acids is 1. The van der Waals surface area contributed by atoms with Crippen LogP contribution >= 0.6 is 0 Å². The van der Waals surface area contributed by atoms with E-state index in [0.717, 1.165) is 0 Å². The zero-order valence-electron chi connectivity index (χ0n) is 18.6. The average molecular weight is 483 g/mol. The Labute approximate surface area is 195 Å². The minimum absolute atomic E-state index is 0.0478. The molecule has 0 radical (unpaired) electrons. The number of phenols is 1. The monoisotopic (exact) mass is 483 g/mol. The maximum absolute atomic E-state index is 12.5. The van der Waals surface area contributed by atoms with Gasteiger partial charge in [0.25, 0.3) is 5.91 Å². The van der Waals surface area contributed by atoms with Gasteiger partial charge in [-0.3, -0.25) is 14.9 Å². The number of nitrogens with two attached hydrogens (primary N) is 3. The molecule has 15 heteroatoms. The third-order valence-corrected chi connectivity index (χ3v) is 5.25. The van der Waals surface area contributed by atoms with Gasteiger partial charge in [-0.05, 0) is 24.4 Å². The van der Waals surface area contributed by atoms with Gasteiger partial charge < -0.3 is 51.8 Å². The van der Waals surface area contributed by atoms with E-state index in [4.69, 9.17) is 36.7 Å². The number of hydrogen-bond acceptors (Lipinski definition) is 11. The Kier molecular flexibility index (Phi) is 9.60. The number of amides is 2. The van der Waals surface area contributed by atoms with Crippen molar-refractivity contribution in [3.05, 3.63) is 23.3 Å². The van der Waals surface area contributed by atoms with Gasteiger partial charge in [0, 0.05) is 13.5 Å². The van der Waals surface area contributed by atoms with Gasteiger partial charge in [0.05, 0.1) is 19.1 Å². The lowest BCUT2D eigenvalue weighted by Crippen LogP contribution is -2.65. The lowest BCUT2D eigenvalue weighted by atomic mass is 9.82. The van der Waals surface area contributed by atoms with Crippen LogP contribution in [0.25, 0.3) is 0 Å². The molecule has 0 bridgehead atoms. The molecule has 1 fully saturated rings. The molecule has 14 nitrogen and oxygen atoms in total. The van der Waals surface area contributed by atoms with Crippen LogP contribution in [0.1, 0.15) is 22.3 Å². The minimum atomic E-state index is -1.60. The minimum Gasteiger partial charge on any atom is -0.507 e. The number of rotatable bonds is 13. The third-order valence-electron chi connectivity index (χ3n) is 5.25. The Bertz CT molecular complexity index is 897. The predicted molar refractivity (Wildman–Crippen MR) is 118 cm³/mol. The quantitative estimate of drug-likeness (QED) is 0.102. The van der Waals surface area contributed by atoms with Crippen molar-refractivity contribution >= 4 is 24.9 Å². The number of aromatic carboxylic acids is 1. The number of nitrogens with zero attached hydrogens (tertiary/aromatic N) is 1. The first-order valence-electron chi connectivity index (χ1n) is 10.4. The Morgan fingerprint density at radius 1 is 1.26 bits per heavy atom. The van der Waals surface area contributed by atoms with E-state index in [9.17, 15) is 24.6 Å². The highest BCUT2D eigenvalue weighted by atomic mass is 16.5. The van der Waals surface area contributed by atoms with E-state index in [0.29, 0.717) is 0 Å². The lowest BCUT2D eigenvalue weighted by Gasteiger charge is -2.40. The number of hydrogen-bond donors (Lipinski definition) is 8. The van der Waals surface area contributed by atoms with Crippen LogP contribution in [-0.2, 0) is 20.7 Å². The van der Waals surface area contributed by atoms with Gasteiger partial charge in [-0.2, -0.15) is 0 Å². The molecule has 2 rings (SSSR count). The molecule has 2 amide bonds. The summed E-state index contributed by atoms with van der Waals surface area (Å²) in [4.78, 5) is 36.6. The number of carbonyl (C=O) groups excluding carboxylic acids is 2. The molecule has 1 aromatic rings. The number of benzene rings is 1. The van der Waals surface area contributed by atoms with Crippen molar-refractivity contribution in [1.82, 2.24) is 10.2 Å². The summed E-state index contributed by atoms with van der Waals surface area (Å²) in [5.41, 5.74) is 16.6. The smallest absolute Gasteiger partial charge is 0.451 e. The van der Waals surface area contributed by atoms with Crippen molar-refractivity contribution < 1.29 is 44.1 Å². The molecule has 0 spiro atoms. The molecule has 34 heavy (non-hydrogen) atoms. The molecule has 188 valence electrons. The normalized spacial score (nSPS) is 16.3. The Morgan fingerprint density at radius 3 is 2.44 bits per heavy atom. The van der Waals surface area contributed by atoms with Crippen LogP contribution in [0.5, 0.6) is 11.5 Å². The largest absolute Gasteiger partial charge is 0.507 e. The van der Waals surface area contributed by atoms with Crippen LogP contribution in [0.4, 0.5) is 0 Å². The number of methoxy groups -OCH3 is 1. The molecule has 1 aliphatic rings. The highest BCUT2D eigenvalue weighted by Gasteiger charge is 2.37. The van der Waals surface area contributed by atoms with Crippen molar-refractivity contribution in [2.24, 2.45) is 17.2 Å². The van der Waals surface area contributed by atoms with Gasteiger partial charge >= 0.3 is 13.1 Å². The van der Waals surface area contributed by atoms with Gasteiger partial charge in [-0.25, -0.2) is 4.79 Å². The van der Waals surface area contributed by atoms with E-state index < -0.39 is 60.8 Å². The fourth-order valence-electron chi connectivity index (χ4n) is 3.43. The number of primary amides is 1. The fraction of sp³-hybridized carbons (Fsp3) is 0.526.